The van der Waals surface area contributed by atoms with Gasteiger partial charge in [0.05, 0.1) is 11.4 Å². The zero-order chi connectivity index (χ0) is 14.8. The minimum absolute atomic E-state index is 0.0438. The van der Waals surface area contributed by atoms with Crippen molar-refractivity contribution < 1.29 is 8.42 Å². The molecule has 108 valence electrons. The molecular weight excluding hydrogens is 321 g/mol. The molecule has 1 atom stereocenters. The highest BCUT2D eigenvalue weighted by Crippen LogP contribution is 2.22. The second kappa shape index (κ2) is 6.13. The molecule has 1 aromatic carbocycles. The van der Waals surface area contributed by atoms with Gasteiger partial charge in [-0.1, -0.05) is 23.2 Å². The van der Waals surface area contributed by atoms with E-state index in [9.17, 15) is 8.42 Å². The molecule has 0 saturated heterocycles. The summed E-state index contributed by atoms with van der Waals surface area (Å²) in [6.45, 7) is 2.19. The van der Waals surface area contributed by atoms with E-state index in [-0.39, 0.29) is 21.0 Å². The van der Waals surface area contributed by atoms with Crippen molar-refractivity contribution in [3.05, 3.63) is 46.7 Å². The van der Waals surface area contributed by atoms with Gasteiger partial charge in [0.2, 0.25) is 10.0 Å². The molecule has 8 heteroatoms. The van der Waals surface area contributed by atoms with Crippen molar-refractivity contribution in [3.8, 4) is 0 Å². The monoisotopic (exact) mass is 333 g/mol. The van der Waals surface area contributed by atoms with Crippen LogP contribution in [0.25, 0.3) is 0 Å². The predicted molar refractivity (Wildman–Crippen MR) is 78.5 cm³/mol. The van der Waals surface area contributed by atoms with Crippen molar-refractivity contribution in [2.75, 3.05) is 0 Å². The number of benzene rings is 1. The maximum atomic E-state index is 12.2. The van der Waals surface area contributed by atoms with E-state index in [4.69, 9.17) is 23.2 Å². The standard InChI is InChI=1S/C12H13Cl2N3O2S/c1-9(8-17-4-2-3-15-17)16-20(18,19)12-6-10(13)5-11(14)7-12/h2-7,9,16H,8H2,1H3/t9-/m1/s1. The van der Waals surface area contributed by atoms with E-state index < -0.39 is 10.0 Å². The third-order valence-electron chi connectivity index (χ3n) is 2.52. The van der Waals surface area contributed by atoms with Crippen LogP contribution in [0.2, 0.25) is 10.0 Å². The third-order valence-corrected chi connectivity index (χ3v) is 4.53. The lowest BCUT2D eigenvalue weighted by atomic mass is 10.4. The summed E-state index contributed by atoms with van der Waals surface area (Å²) in [6.07, 6.45) is 3.40. The van der Waals surface area contributed by atoms with Gasteiger partial charge in [0, 0.05) is 28.5 Å². The summed E-state index contributed by atoms with van der Waals surface area (Å²) in [7, 11) is -3.67. The maximum Gasteiger partial charge on any atom is 0.240 e. The molecule has 1 aromatic heterocycles. The van der Waals surface area contributed by atoms with Crippen molar-refractivity contribution in [2.24, 2.45) is 0 Å². The highest BCUT2D eigenvalue weighted by molar-refractivity contribution is 7.89. The average molecular weight is 334 g/mol. The zero-order valence-corrected chi connectivity index (χ0v) is 13.0. The second-order valence-corrected chi connectivity index (χ2v) is 6.94. The van der Waals surface area contributed by atoms with Gasteiger partial charge in [-0.25, -0.2) is 13.1 Å². The molecule has 0 aliphatic heterocycles. The number of hydrogen-bond donors (Lipinski definition) is 1. The lowest BCUT2D eigenvalue weighted by Gasteiger charge is -2.14. The van der Waals surface area contributed by atoms with Crippen LogP contribution in [0.1, 0.15) is 6.92 Å². The van der Waals surface area contributed by atoms with Crippen LogP contribution in [0.15, 0.2) is 41.6 Å². The maximum absolute atomic E-state index is 12.2. The molecule has 0 unspecified atom stereocenters. The number of sulfonamides is 1. The molecule has 0 bridgehead atoms. The fraction of sp³-hybridized carbons (Fsp3) is 0.250. The number of hydrogen-bond acceptors (Lipinski definition) is 3. The van der Waals surface area contributed by atoms with E-state index in [0.717, 1.165) is 0 Å². The summed E-state index contributed by atoms with van der Waals surface area (Å²) in [4.78, 5) is 0.0438. The smallest absolute Gasteiger partial charge is 0.240 e. The summed E-state index contributed by atoms with van der Waals surface area (Å²) >= 11 is 11.6. The number of nitrogens with zero attached hydrogens (tertiary/aromatic N) is 2. The summed E-state index contributed by atoms with van der Waals surface area (Å²) in [5, 5.41) is 4.58. The van der Waals surface area contributed by atoms with Gasteiger partial charge < -0.3 is 0 Å². The lowest BCUT2D eigenvalue weighted by Crippen LogP contribution is -2.35. The molecule has 0 amide bonds. The third kappa shape index (κ3) is 3.96. The van der Waals surface area contributed by atoms with Gasteiger partial charge in [-0.15, -0.1) is 0 Å². The molecule has 0 radical (unpaired) electrons. The zero-order valence-electron chi connectivity index (χ0n) is 10.6. The predicted octanol–water partition coefficient (Wildman–Crippen LogP) is 2.56. The van der Waals surface area contributed by atoms with Crippen molar-refractivity contribution in [1.82, 2.24) is 14.5 Å². The van der Waals surface area contributed by atoms with Crippen LogP contribution < -0.4 is 4.72 Å². The summed E-state index contributed by atoms with van der Waals surface area (Å²) in [5.41, 5.74) is 0. The Balaban J connectivity index is 2.14. The van der Waals surface area contributed by atoms with Gasteiger partial charge in [0.25, 0.3) is 0 Å². The molecule has 0 spiro atoms. The Bertz CT molecular complexity index is 666. The van der Waals surface area contributed by atoms with Crippen molar-refractivity contribution in [2.45, 2.75) is 24.4 Å². The molecule has 20 heavy (non-hydrogen) atoms. The number of aromatic nitrogens is 2. The normalized spacial score (nSPS) is 13.3. The quantitative estimate of drug-likeness (QED) is 0.914. The fourth-order valence-electron chi connectivity index (χ4n) is 1.74. The Labute approximate surface area is 127 Å². The SMILES string of the molecule is C[C@H](Cn1cccn1)NS(=O)(=O)c1cc(Cl)cc(Cl)c1. The molecule has 0 aliphatic rings. The molecule has 0 fully saturated rings. The summed E-state index contributed by atoms with van der Waals surface area (Å²) in [5.74, 6) is 0. The second-order valence-electron chi connectivity index (χ2n) is 4.36. The van der Waals surface area contributed by atoms with E-state index >= 15 is 0 Å². The van der Waals surface area contributed by atoms with Crippen LogP contribution in [0.3, 0.4) is 0 Å². The lowest BCUT2D eigenvalue weighted by molar-refractivity contribution is 0.494. The summed E-state index contributed by atoms with van der Waals surface area (Å²) < 4.78 is 28.6. The molecule has 2 aromatic rings. The van der Waals surface area contributed by atoms with Gasteiger partial charge >= 0.3 is 0 Å². The minimum Gasteiger partial charge on any atom is -0.271 e. The van der Waals surface area contributed by atoms with E-state index in [1.165, 1.54) is 18.2 Å². The van der Waals surface area contributed by atoms with Crippen molar-refractivity contribution in [3.63, 3.8) is 0 Å². The molecular formula is C12H13Cl2N3O2S. The Morgan fingerprint density at radius 2 is 1.95 bits per heavy atom. The van der Waals surface area contributed by atoms with Crippen LogP contribution in [0, 0.1) is 0 Å². The van der Waals surface area contributed by atoms with Crippen LogP contribution in [-0.2, 0) is 16.6 Å². The van der Waals surface area contributed by atoms with Gasteiger partial charge in [-0.2, -0.15) is 5.10 Å². The first-order valence-electron chi connectivity index (χ1n) is 5.83. The first-order chi connectivity index (χ1) is 9.37. The van der Waals surface area contributed by atoms with E-state index in [1.54, 1.807) is 30.1 Å². The highest BCUT2D eigenvalue weighted by atomic mass is 35.5. The molecule has 0 saturated carbocycles. The fourth-order valence-corrected chi connectivity index (χ4v) is 3.70. The molecule has 1 heterocycles. The molecule has 2 rings (SSSR count). The van der Waals surface area contributed by atoms with Crippen LogP contribution in [-0.4, -0.2) is 24.2 Å². The first kappa shape index (κ1) is 15.3. The topological polar surface area (TPSA) is 64.0 Å². The Hall–Kier alpha value is -1.08. The summed E-state index contributed by atoms with van der Waals surface area (Å²) in [6, 6.07) is 5.65. The van der Waals surface area contributed by atoms with Gasteiger partial charge in [0.15, 0.2) is 0 Å². The average Bonchev–Trinajstić information content (AvgIpc) is 2.79. The minimum atomic E-state index is -3.67. The molecule has 5 nitrogen and oxygen atoms in total. The number of rotatable bonds is 5. The van der Waals surface area contributed by atoms with Crippen LogP contribution in [0.4, 0.5) is 0 Å². The van der Waals surface area contributed by atoms with E-state index in [0.29, 0.717) is 6.54 Å². The molecule has 1 N–H and O–H groups in total. The largest absolute Gasteiger partial charge is 0.271 e. The van der Waals surface area contributed by atoms with E-state index in [1.807, 2.05) is 0 Å². The van der Waals surface area contributed by atoms with Crippen LogP contribution in [0.5, 0.6) is 0 Å². The number of nitrogens with one attached hydrogen (secondary N) is 1. The highest BCUT2D eigenvalue weighted by Gasteiger charge is 2.18. The Morgan fingerprint density at radius 1 is 1.30 bits per heavy atom. The number of halogens is 2. The Kier molecular flexibility index (Phi) is 4.70. The molecule has 0 aliphatic carbocycles. The van der Waals surface area contributed by atoms with Crippen molar-refractivity contribution >= 4 is 33.2 Å². The van der Waals surface area contributed by atoms with Gasteiger partial charge in [-0.05, 0) is 31.2 Å². The van der Waals surface area contributed by atoms with Gasteiger partial charge in [-0.3, -0.25) is 4.68 Å². The first-order valence-corrected chi connectivity index (χ1v) is 8.06. The van der Waals surface area contributed by atoms with Crippen molar-refractivity contribution in [1.29, 1.82) is 0 Å². The van der Waals surface area contributed by atoms with Gasteiger partial charge in [0.1, 0.15) is 0 Å². The Morgan fingerprint density at radius 3 is 2.50 bits per heavy atom. The van der Waals surface area contributed by atoms with Crippen LogP contribution >= 0.6 is 23.2 Å². The van der Waals surface area contributed by atoms with E-state index in [2.05, 4.69) is 9.82 Å².